The molecule has 4 rings (SSSR count). The van der Waals surface area contributed by atoms with Crippen molar-refractivity contribution in [2.24, 2.45) is 7.05 Å². The molecule has 0 amide bonds. The second-order valence-corrected chi connectivity index (χ2v) is 7.04. The van der Waals surface area contributed by atoms with E-state index in [0.29, 0.717) is 0 Å². The van der Waals surface area contributed by atoms with Gasteiger partial charge in [-0.2, -0.15) is 4.57 Å². The highest BCUT2D eigenvalue weighted by atomic mass is 15.2. The van der Waals surface area contributed by atoms with Gasteiger partial charge in [-0.1, -0.05) is 62.4 Å². The van der Waals surface area contributed by atoms with Gasteiger partial charge in [0.2, 0.25) is 0 Å². The minimum atomic E-state index is -0.691. The van der Waals surface area contributed by atoms with Crippen LogP contribution in [0.1, 0.15) is 32.2 Å². The number of nitrogens with zero attached hydrogens (tertiary/aromatic N) is 2. The minimum Gasteiger partial charge on any atom is -0.225 e. The third-order valence-electron chi connectivity index (χ3n) is 5.08. The van der Waals surface area contributed by atoms with Gasteiger partial charge in [0.05, 0.1) is 12.6 Å². The summed E-state index contributed by atoms with van der Waals surface area (Å²) in [6.45, 7) is 6.05. The number of aryl methyl sites for hydroxylation is 2. The molecule has 1 heterocycles. The van der Waals surface area contributed by atoms with Crippen molar-refractivity contribution in [1.82, 2.24) is 4.57 Å². The van der Waals surface area contributed by atoms with Crippen molar-refractivity contribution >= 4 is 11.0 Å². The van der Waals surface area contributed by atoms with E-state index in [1.54, 1.807) is 0 Å². The van der Waals surface area contributed by atoms with E-state index < -0.39 is 5.89 Å². The van der Waals surface area contributed by atoms with E-state index in [4.69, 9.17) is 1.37 Å². The third-order valence-corrected chi connectivity index (χ3v) is 5.08. The Bertz CT molecular complexity index is 1130. The molecule has 0 aliphatic rings. The van der Waals surface area contributed by atoms with Crippen molar-refractivity contribution in [3.8, 4) is 17.1 Å². The minimum absolute atomic E-state index is 0.691. The van der Waals surface area contributed by atoms with Gasteiger partial charge < -0.3 is 0 Å². The average Bonchev–Trinajstić information content (AvgIpc) is 2.94. The highest BCUT2D eigenvalue weighted by Crippen LogP contribution is 2.32. The van der Waals surface area contributed by atoms with Gasteiger partial charge in [0.15, 0.2) is 11.0 Å². The molecule has 0 saturated heterocycles. The van der Waals surface area contributed by atoms with Crippen LogP contribution in [-0.2, 0) is 7.05 Å². The Morgan fingerprint density at radius 1 is 0.885 bits per heavy atom. The van der Waals surface area contributed by atoms with Gasteiger partial charge in [-0.25, -0.2) is 4.57 Å². The third kappa shape index (κ3) is 2.53. The predicted molar refractivity (Wildman–Crippen MR) is 109 cm³/mol. The summed E-state index contributed by atoms with van der Waals surface area (Å²) >= 11 is 0. The molecular weight excluding hydrogens is 316 g/mol. The maximum Gasteiger partial charge on any atom is 0.295 e. The Balaban J connectivity index is 2.17. The van der Waals surface area contributed by atoms with Crippen LogP contribution in [0.5, 0.6) is 0 Å². The predicted octanol–water partition coefficient (Wildman–Crippen LogP) is 5.55. The first kappa shape index (κ1) is 15.4. The highest BCUT2D eigenvalue weighted by Gasteiger charge is 2.28. The number of imidazole rings is 1. The molecule has 0 spiro atoms. The zero-order valence-corrected chi connectivity index (χ0v) is 15.8. The van der Waals surface area contributed by atoms with Crippen LogP contribution in [0, 0.1) is 6.92 Å². The first-order valence-electron chi connectivity index (χ1n) is 9.55. The quantitative estimate of drug-likeness (QED) is 0.431. The van der Waals surface area contributed by atoms with Gasteiger partial charge in [-0.3, -0.25) is 0 Å². The summed E-state index contributed by atoms with van der Waals surface area (Å²) in [5.74, 6) is 0.440. The normalized spacial score (nSPS) is 12.4. The molecule has 0 saturated carbocycles. The molecule has 0 unspecified atom stereocenters. The van der Waals surface area contributed by atoms with Gasteiger partial charge in [-0.15, -0.1) is 0 Å². The van der Waals surface area contributed by atoms with Crippen molar-refractivity contribution in [3.05, 3.63) is 83.9 Å². The fourth-order valence-corrected chi connectivity index (χ4v) is 3.78. The molecular formula is C24H25N2+. The molecule has 2 nitrogen and oxygen atoms in total. The van der Waals surface area contributed by atoms with Crippen molar-refractivity contribution < 1.29 is 5.94 Å². The maximum atomic E-state index is 8.68. The Hall–Kier alpha value is -2.87. The summed E-state index contributed by atoms with van der Waals surface area (Å²) in [4.78, 5) is 0. The molecule has 0 aliphatic heterocycles. The van der Waals surface area contributed by atoms with E-state index in [9.17, 15) is 0 Å². The fraction of sp³-hybridized carbons (Fsp3) is 0.208. The fourth-order valence-electron chi connectivity index (χ4n) is 3.78. The molecule has 0 atom stereocenters. The molecule has 0 N–H and O–H groups in total. The van der Waals surface area contributed by atoms with Crippen LogP contribution < -0.4 is 4.57 Å². The molecule has 26 heavy (non-hydrogen) atoms. The molecule has 1 aromatic heterocycles. The van der Waals surface area contributed by atoms with E-state index in [0.717, 1.165) is 22.6 Å². The second-order valence-electron chi connectivity index (χ2n) is 7.04. The van der Waals surface area contributed by atoms with Crippen LogP contribution in [0.2, 0.25) is 0 Å². The first-order valence-corrected chi connectivity index (χ1v) is 9.05. The van der Waals surface area contributed by atoms with E-state index in [1.807, 2.05) is 19.9 Å². The van der Waals surface area contributed by atoms with Crippen LogP contribution in [0.15, 0.2) is 72.8 Å². The molecule has 4 aromatic rings. The topological polar surface area (TPSA) is 8.81 Å². The van der Waals surface area contributed by atoms with Gasteiger partial charge in [0.1, 0.15) is 5.69 Å². The van der Waals surface area contributed by atoms with Crippen LogP contribution in [-0.4, -0.2) is 4.57 Å². The summed E-state index contributed by atoms with van der Waals surface area (Å²) in [6, 6.07) is 25.2. The zero-order valence-electron chi connectivity index (χ0n) is 16.8. The van der Waals surface area contributed by atoms with Crippen molar-refractivity contribution in [3.63, 3.8) is 0 Å². The second kappa shape index (κ2) is 6.45. The number of fused-ring (bicyclic) bond motifs is 1. The molecule has 2 heteroatoms. The number of rotatable bonds is 3. The first-order chi connectivity index (χ1) is 12.9. The lowest BCUT2D eigenvalue weighted by atomic mass is 10.0. The largest absolute Gasteiger partial charge is 0.295 e. The molecule has 0 bridgehead atoms. The van der Waals surface area contributed by atoms with Crippen molar-refractivity contribution in [2.75, 3.05) is 0 Å². The van der Waals surface area contributed by atoms with Crippen LogP contribution in [0.3, 0.4) is 0 Å². The number of benzene rings is 3. The van der Waals surface area contributed by atoms with Crippen LogP contribution in [0.4, 0.5) is 0 Å². The average molecular weight is 342 g/mol. The Kier molecular flexibility index (Phi) is 3.82. The number of hydrogen-bond acceptors (Lipinski definition) is 0. The maximum absolute atomic E-state index is 8.68. The van der Waals surface area contributed by atoms with E-state index in [1.165, 1.54) is 16.6 Å². The molecule has 130 valence electrons. The summed E-state index contributed by atoms with van der Waals surface area (Å²) < 4.78 is 13.2. The Morgan fingerprint density at radius 2 is 1.54 bits per heavy atom. The monoisotopic (exact) mass is 342 g/mol. The summed E-state index contributed by atoms with van der Waals surface area (Å²) in [5.41, 5.74) is 6.84. The summed E-state index contributed by atoms with van der Waals surface area (Å²) in [7, 11) is 2.12. The molecule has 0 fully saturated rings. The Morgan fingerprint density at radius 3 is 2.31 bits per heavy atom. The summed E-state index contributed by atoms with van der Waals surface area (Å²) in [5, 5.41) is 0. The lowest BCUT2D eigenvalue weighted by Crippen LogP contribution is -2.30. The standard InChI is InChI=1S/C24H25N2/c1-17(2)19-12-7-8-14-21(19)26-23-16-10-9-15-22(23)25(4)24(26)20-13-6-5-11-18(20)3/h5-17H,1-4H3/q+1/i17D. The molecule has 0 radical (unpaired) electrons. The van der Waals surface area contributed by atoms with Gasteiger partial charge in [0, 0.05) is 6.93 Å². The lowest BCUT2D eigenvalue weighted by molar-refractivity contribution is -0.633. The number of hydrogen-bond donors (Lipinski definition) is 0. The highest BCUT2D eigenvalue weighted by molar-refractivity contribution is 5.80. The number of para-hydroxylation sites is 3. The van der Waals surface area contributed by atoms with Gasteiger partial charge in [-0.05, 0) is 42.6 Å². The van der Waals surface area contributed by atoms with E-state index in [2.05, 4.69) is 89.8 Å². The van der Waals surface area contributed by atoms with Crippen molar-refractivity contribution in [1.29, 1.82) is 0 Å². The number of aromatic nitrogens is 2. The zero-order chi connectivity index (χ0) is 19.2. The molecule has 0 aliphatic carbocycles. The Labute approximate surface area is 156 Å². The van der Waals surface area contributed by atoms with Crippen LogP contribution >= 0.6 is 0 Å². The van der Waals surface area contributed by atoms with Crippen molar-refractivity contribution in [2.45, 2.75) is 26.7 Å². The van der Waals surface area contributed by atoms with Gasteiger partial charge >= 0.3 is 0 Å². The van der Waals surface area contributed by atoms with Crippen LogP contribution in [0.25, 0.3) is 28.1 Å². The molecule has 3 aromatic carbocycles. The summed E-state index contributed by atoms with van der Waals surface area (Å²) in [6.07, 6.45) is 0. The van der Waals surface area contributed by atoms with E-state index >= 15 is 0 Å². The smallest absolute Gasteiger partial charge is 0.225 e. The lowest BCUT2D eigenvalue weighted by Gasteiger charge is -2.12. The van der Waals surface area contributed by atoms with E-state index in [-0.39, 0.29) is 0 Å². The van der Waals surface area contributed by atoms with Gasteiger partial charge in [0.25, 0.3) is 5.82 Å². The SMILES string of the molecule is [2H]C(C)(C)c1ccccc1-n1c(-c2ccccc2C)[n+](C)c2ccccc21.